The Labute approximate surface area is 100 Å². The summed E-state index contributed by atoms with van der Waals surface area (Å²) in [5, 5.41) is 0. The zero-order valence-electron chi connectivity index (χ0n) is 11.0. The van der Waals surface area contributed by atoms with Crippen molar-refractivity contribution in [2.24, 2.45) is 0 Å². The summed E-state index contributed by atoms with van der Waals surface area (Å²) in [6.45, 7) is 9.49. The molecule has 0 saturated heterocycles. The van der Waals surface area contributed by atoms with Crippen molar-refractivity contribution in [3.8, 4) is 0 Å². The normalized spacial score (nSPS) is 16.3. The molecule has 0 fully saturated rings. The molecule has 1 unspecified atom stereocenters. The molecule has 0 bridgehead atoms. The summed E-state index contributed by atoms with van der Waals surface area (Å²) in [4.78, 5) is 11.4. The minimum atomic E-state index is -0.898. The molecule has 1 atom stereocenters. The summed E-state index contributed by atoms with van der Waals surface area (Å²) in [7, 11) is 0.510. The van der Waals surface area contributed by atoms with E-state index >= 15 is 0 Å². The Bertz CT molecular complexity index is 263. The van der Waals surface area contributed by atoms with E-state index in [0.29, 0.717) is 17.1 Å². The van der Waals surface area contributed by atoms with Crippen molar-refractivity contribution in [2.75, 3.05) is 6.61 Å². The SMILES string of the molecule is C/C=C/C(=O)OC(C)(C)C(C)(O[SiH3])OCC. The Balaban J connectivity index is 4.78. The van der Waals surface area contributed by atoms with Crippen molar-refractivity contribution in [3.05, 3.63) is 12.2 Å². The molecular weight excluding hydrogens is 224 g/mol. The average molecular weight is 246 g/mol. The summed E-state index contributed by atoms with van der Waals surface area (Å²) >= 11 is 0. The molecule has 0 saturated carbocycles. The molecule has 5 heteroatoms. The highest BCUT2D eigenvalue weighted by Gasteiger charge is 2.45. The molecule has 0 amide bonds. The molecule has 16 heavy (non-hydrogen) atoms. The molecule has 0 aromatic heterocycles. The quantitative estimate of drug-likeness (QED) is 0.303. The highest BCUT2D eigenvalue weighted by atomic mass is 28.2. The first-order valence-electron chi connectivity index (χ1n) is 5.37. The standard InChI is InChI=1S/C11H22O4Si/c1-6-8-9(12)14-10(3,4)11(5,15-16)13-7-2/h6,8H,7H2,1-5,16H3/b8-6+. The van der Waals surface area contributed by atoms with E-state index in [4.69, 9.17) is 13.9 Å². The lowest BCUT2D eigenvalue weighted by Gasteiger charge is -2.41. The van der Waals surface area contributed by atoms with Crippen LogP contribution in [0.2, 0.25) is 0 Å². The van der Waals surface area contributed by atoms with Crippen LogP contribution in [0.4, 0.5) is 0 Å². The van der Waals surface area contributed by atoms with Gasteiger partial charge in [0.25, 0.3) is 0 Å². The zero-order chi connectivity index (χ0) is 12.8. The first-order chi connectivity index (χ1) is 7.33. The molecule has 0 heterocycles. The van der Waals surface area contributed by atoms with Crippen LogP contribution in [0.5, 0.6) is 0 Å². The van der Waals surface area contributed by atoms with Gasteiger partial charge in [-0.3, -0.25) is 0 Å². The van der Waals surface area contributed by atoms with Gasteiger partial charge in [0.2, 0.25) is 0 Å². The van der Waals surface area contributed by atoms with Gasteiger partial charge in [-0.25, -0.2) is 4.79 Å². The second kappa shape index (κ2) is 6.17. The summed E-state index contributed by atoms with van der Waals surface area (Å²) in [6.07, 6.45) is 3.01. The van der Waals surface area contributed by atoms with Gasteiger partial charge in [0, 0.05) is 12.7 Å². The highest BCUT2D eigenvalue weighted by molar-refractivity contribution is 5.98. The van der Waals surface area contributed by atoms with E-state index in [1.165, 1.54) is 6.08 Å². The molecule has 0 N–H and O–H groups in total. The third kappa shape index (κ3) is 3.73. The molecule has 0 spiro atoms. The Morgan fingerprint density at radius 2 is 1.94 bits per heavy atom. The predicted molar refractivity (Wildman–Crippen MR) is 66.0 cm³/mol. The number of esters is 1. The summed E-state index contributed by atoms with van der Waals surface area (Å²) in [5.74, 6) is -1.29. The van der Waals surface area contributed by atoms with Crippen molar-refractivity contribution in [2.45, 2.75) is 46.0 Å². The Morgan fingerprint density at radius 3 is 2.31 bits per heavy atom. The molecule has 0 aliphatic rings. The number of hydrogen-bond donors (Lipinski definition) is 0. The van der Waals surface area contributed by atoms with Crippen LogP contribution in [0.3, 0.4) is 0 Å². The van der Waals surface area contributed by atoms with Gasteiger partial charge in [-0.1, -0.05) is 6.08 Å². The van der Waals surface area contributed by atoms with Crippen LogP contribution in [0.1, 0.15) is 34.6 Å². The van der Waals surface area contributed by atoms with Crippen LogP contribution in [0, 0.1) is 0 Å². The van der Waals surface area contributed by atoms with Crippen molar-refractivity contribution in [1.29, 1.82) is 0 Å². The number of ether oxygens (including phenoxy) is 2. The van der Waals surface area contributed by atoms with Gasteiger partial charge >= 0.3 is 5.97 Å². The fourth-order valence-electron chi connectivity index (χ4n) is 1.27. The molecule has 4 nitrogen and oxygen atoms in total. The molecule has 0 aromatic rings. The minimum absolute atomic E-state index is 0.392. The van der Waals surface area contributed by atoms with Crippen molar-refractivity contribution < 1.29 is 18.7 Å². The maximum Gasteiger partial charge on any atom is 0.331 e. The van der Waals surface area contributed by atoms with Crippen LogP contribution < -0.4 is 0 Å². The minimum Gasteiger partial charge on any atom is -0.451 e. The molecule has 94 valence electrons. The van der Waals surface area contributed by atoms with E-state index in [1.807, 2.05) is 6.92 Å². The lowest BCUT2D eigenvalue weighted by molar-refractivity contribution is -0.265. The first-order valence-corrected chi connectivity index (χ1v) is 6.19. The number of carbonyl (C=O) groups is 1. The zero-order valence-corrected chi connectivity index (χ0v) is 13.0. The predicted octanol–water partition coefficient (Wildman–Crippen LogP) is 0.934. The third-order valence-electron chi connectivity index (χ3n) is 2.56. The molecule has 0 aliphatic heterocycles. The van der Waals surface area contributed by atoms with Crippen molar-refractivity contribution in [1.82, 2.24) is 0 Å². The van der Waals surface area contributed by atoms with E-state index < -0.39 is 17.4 Å². The van der Waals surface area contributed by atoms with Gasteiger partial charge in [-0.2, -0.15) is 0 Å². The Kier molecular flexibility index (Phi) is 5.92. The number of carbonyl (C=O) groups excluding carboxylic acids is 1. The summed E-state index contributed by atoms with van der Waals surface area (Å²) in [5.41, 5.74) is -0.832. The largest absolute Gasteiger partial charge is 0.451 e. The van der Waals surface area contributed by atoms with Crippen molar-refractivity contribution in [3.63, 3.8) is 0 Å². The number of allylic oxidation sites excluding steroid dienone is 1. The summed E-state index contributed by atoms with van der Waals surface area (Å²) < 4.78 is 16.3. The maximum atomic E-state index is 11.4. The monoisotopic (exact) mass is 246 g/mol. The molecular formula is C11H22O4Si. The van der Waals surface area contributed by atoms with Gasteiger partial charge in [0.15, 0.2) is 11.4 Å². The number of rotatable bonds is 6. The lowest BCUT2D eigenvalue weighted by atomic mass is 9.99. The second-order valence-corrected chi connectivity index (χ2v) is 4.42. The van der Waals surface area contributed by atoms with E-state index in [9.17, 15) is 4.79 Å². The van der Waals surface area contributed by atoms with E-state index in [1.54, 1.807) is 33.8 Å². The van der Waals surface area contributed by atoms with Crippen molar-refractivity contribution >= 4 is 16.5 Å². The average Bonchev–Trinajstić information content (AvgIpc) is 2.17. The van der Waals surface area contributed by atoms with E-state index in [0.717, 1.165) is 0 Å². The molecule has 0 aliphatic carbocycles. The van der Waals surface area contributed by atoms with Crippen LogP contribution in [0.25, 0.3) is 0 Å². The van der Waals surface area contributed by atoms with Gasteiger partial charge in [0.1, 0.15) is 10.5 Å². The Morgan fingerprint density at radius 1 is 1.38 bits per heavy atom. The van der Waals surface area contributed by atoms with Gasteiger partial charge < -0.3 is 13.9 Å². The molecule has 0 radical (unpaired) electrons. The fraction of sp³-hybridized carbons (Fsp3) is 0.727. The van der Waals surface area contributed by atoms with Crippen LogP contribution in [-0.4, -0.2) is 34.5 Å². The fourth-order valence-corrected chi connectivity index (χ4v) is 1.88. The van der Waals surface area contributed by atoms with E-state index in [-0.39, 0.29) is 0 Å². The smallest absolute Gasteiger partial charge is 0.331 e. The van der Waals surface area contributed by atoms with Crippen LogP contribution in [-0.2, 0) is 18.7 Å². The number of hydrogen-bond acceptors (Lipinski definition) is 4. The molecule has 0 rings (SSSR count). The topological polar surface area (TPSA) is 44.8 Å². The summed E-state index contributed by atoms with van der Waals surface area (Å²) in [6, 6.07) is 0. The van der Waals surface area contributed by atoms with E-state index in [2.05, 4.69) is 0 Å². The van der Waals surface area contributed by atoms with Crippen LogP contribution in [0.15, 0.2) is 12.2 Å². The van der Waals surface area contributed by atoms with Gasteiger partial charge in [-0.05, 0) is 34.6 Å². The highest BCUT2D eigenvalue weighted by Crippen LogP contribution is 2.30. The Hall–Kier alpha value is -0.653. The van der Waals surface area contributed by atoms with Gasteiger partial charge in [-0.15, -0.1) is 0 Å². The second-order valence-electron chi connectivity index (χ2n) is 4.01. The van der Waals surface area contributed by atoms with Gasteiger partial charge in [0.05, 0.1) is 0 Å². The maximum absolute atomic E-state index is 11.4. The first kappa shape index (κ1) is 15.3. The lowest BCUT2D eigenvalue weighted by Crippen LogP contribution is -2.54. The molecule has 0 aromatic carbocycles. The third-order valence-corrected chi connectivity index (χ3v) is 3.34. The van der Waals surface area contributed by atoms with Crippen LogP contribution >= 0.6 is 0 Å².